The van der Waals surface area contributed by atoms with Crippen LogP contribution >= 0.6 is 0 Å². The summed E-state index contributed by atoms with van der Waals surface area (Å²) in [5, 5.41) is 8.92. The molecule has 1 heterocycles. The first-order valence-corrected chi connectivity index (χ1v) is 5.89. The number of nitriles is 1. The molecule has 0 amide bonds. The SMILES string of the molecule is Cn1c(C2CC2(C)C)nc2ccc(C#N)cc21. The molecule has 1 aromatic carbocycles. The highest BCUT2D eigenvalue weighted by atomic mass is 15.1. The molecule has 2 aromatic rings. The molecule has 1 atom stereocenters. The third-order valence-electron chi connectivity index (χ3n) is 3.87. The van der Waals surface area contributed by atoms with Crippen LogP contribution in [0.5, 0.6) is 0 Å². The summed E-state index contributed by atoms with van der Waals surface area (Å²) in [4.78, 5) is 4.70. The molecule has 3 nitrogen and oxygen atoms in total. The van der Waals surface area contributed by atoms with Gasteiger partial charge in [-0.1, -0.05) is 13.8 Å². The molecule has 1 aliphatic carbocycles. The lowest BCUT2D eigenvalue weighted by molar-refractivity contribution is 0.600. The first-order valence-electron chi connectivity index (χ1n) is 5.89. The Labute approximate surface area is 101 Å². The van der Waals surface area contributed by atoms with Crippen molar-refractivity contribution < 1.29 is 0 Å². The van der Waals surface area contributed by atoms with Gasteiger partial charge in [0.15, 0.2) is 0 Å². The number of rotatable bonds is 1. The van der Waals surface area contributed by atoms with E-state index in [9.17, 15) is 0 Å². The molecule has 0 radical (unpaired) electrons. The molecule has 1 aliphatic rings. The summed E-state index contributed by atoms with van der Waals surface area (Å²) in [6, 6.07) is 7.86. The van der Waals surface area contributed by atoms with E-state index in [1.54, 1.807) is 0 Å². The lowest BCUT2D eigenvalue weighted by atomic mass is 10.1. The first-order chi connectivity index (χ1) is 8.03. The van der Waals surface area contributed by atoms with Crippen LogP contribution in [0.2, 0.25) is 0 Å². The zero-order valence-corrected chi connectivity index (χ0v) is 10.4. The fourth-order valence-electron chi connectivity index (χ4n) is 2.50. The third kappa shape index (κ3) is 1.44. The van der Waals surface area contributed by atoms with E-state index in [1.807, 2.05) is 25.2 Å². The van der Waals surface area contributed by atoms with Crippen LogP contribution in [0.15, 0.2) is 18.2 Å². The van der Waals surface area contributed by atoms with Crippen LogP contribution in [0.25, 0.3) is 11.0 Å². The van der Waals surface area contributed by atoms with E-state index in [4.69, 9.17) is 10.2 Å². The largest absolute Gasteiger partial charge is 0.331 e. The van der Waals surface area contributed by atoms with Crippen LogP contribution in [0.1, 0.15) is 37.6 Å². The van der Waals surface area contributed by atoms with Crippen LogP contribution in [-0.4, -0.2) is 9.55 Å². The summed E-state index contributed by atoms with van der Waals surface area (Å²) < 4.78 is 2.13. The number of aryl methyl sites for hydroxylation is 1. The van der Waals surface area contributed by atoms with Gasteiger partial charge in [-0.25, -0.2) is 4.98 Å². The lowest BCUT2D eigenvalue weighted by Gasteiger charge is -2.03. The van der Waals surface area contributed by atoms with E-state index in [2.05, 4.69) is 24.5 Å². The maximum atomic E-state index is 8.92. The molecule has 17 heavy (non-hydrogen) atoms. The molecule has 3 heteroatoms. The standard InChI is InChI=1S/C14H15N3/c1-14(2)7-10(14)13-16-11-5-4-9(8-15)6-12(11)17(13)3/h4-6,10H,7H2,1-3H3. The van der Waals surface area contributed by atoms with Gasteiger partial charge in [-0.2, -0.15) is 5.26 Å². The minimum Gasteiger partial charge on any atom is -0.331 e. The number of hydrogen-bond acceptors (Lipinski definition) is 2. The molecule has 0 saturated heterocycles. The van der Waals surface area contributed by atoms with Gasteiger partial charge in [-0.05, 0) is 30.0 Å². The molecule has 3 rings (SSSR count). The van der Waals surface area contributed by atoms with Gasteiger partial charge in [0.25, 0.3) is 0 Å². The van der Waals surface area contributed by atoms with Crippen molar-refractivity contribution in [3.05, 3.63) is 29.6 Å². The monoisotopic (exact) mass is 225 g/mol. The highest BCUT2D eigenvalue weighted by Gasteiger charge is 2.49. The Morgan fingerprint density at radius 3 is 2.76 bits per heavy atom. The molecule has 0 N–H and O–H groups in total. The quantitative estimate of drug-likeness (QED) is 0.748. The van der Waals surface area contributed by atoms with Gasteiger partial charge in [0, 0.05) is 13.0 Å². The van der Waals surface area contributed by atoms with Crippen LogP contribution in [-0.2, 0) is 7.05 Å². The van der Waals surface area contributed by atoms with E-state index in [0.29, 0.717) is 16.9 Å². The highest BCUT2D eigenvalue weighted by molar-refractivity contribution is 5.78. The van der Waals surface area contributed by atoms with Gasteiger partial charge in [0.05, 0.1) is 22.7 Å². The topological polar surface area (TPSA) is 41.6 Å². The van der Waals surface area contributed by atoms with E-state index in [0.717, 1.165) is 16.9 Å². The van der Waals surface area contributed by atoms with Gasteiger partial charge >= 0.3 is 0 Å². The summed E-state index contributed by atoms with van der Waals surface area (Å²) in [5.41, 5.74) is 3.13. The summed E-state index contributed by atoms with van der Waals surface area (Å²) in [5.74, 6) is 1.71. The summed E-state index contributed by atoms with van der Waals surface area (Å²) >= 11 is 0. The summed E-state index contributed by atoms with van der Waals surface area (Å²) in [6.07, 6.45) is 1.20. The second-order valence-corrected chi connectivity index (χ2v) is 5.59. The number of nitrogens with zero attached hydrogens (tertiary/aromatic N) is 3. The van der Waals surface area contributed by atoms with Crippen molar-refractivity contribution in [2.45, 2.75) is 26.2 Å². The first kappa shape index (κ1) is 10.3. The van der Waals surface area contributed by atoms with Gasteiger partial charge in [0.2, 0.25) is 0 Å². The molecule has 1 fully saturated rings. The average Bonchev–Trinajstić information content (AvgIpc) is 2.80. The number of benzene rings is 1. The van der Waals surface area contributed by atoms with Crippen LogP contribution in [0.4, 0.5) is 0 Å². The fraction of sp³-hybridized carbons (Fsp3) is 0.429. The number of imidazole rings is 1. The molecule has 1 saturated carbocycles. The highest BCUT2D eigenvalue weighted by Crippen LogP contribution is 2.58. The molecule has 86 valence electrons. The molecule has 1 aromatic heterocycles. The van der Waals surface area contributed by atoms with E-state index in [-0.39, 0.29) is 0 Å². The summed E-state index contributed by atoms with van der Waals surface area (Å²) in [6.45, 7) is 4.55. The second kappa shape index (κ2) is 3.10. The Morgan fingerprint density at radius 2 is 2.18 bits per heavy atom. The Balaban J connectivity index is 2.17. The van der Waals surface area contributed by atoms with Gasteiger partial charge in [-0.3, -0.25) is 0 Å². The smallest absolute Gasteiger partial charge is 0.113 e. The van der Waals surface area contributed by atoms with Gasteiger partial charge in [-0.15, -0.1) is 0 Å². The minimum atomic E-state index is 0.382. The van der Waals surface area contributed by atoms with Crippen molar-refractivity contribution in [3.63, 3.8) is 0 Å². The Hall–Kier alpha value is -1.82. The van der Waals surface area contributed by atoms with E-state index in [1.165, 1.54) is 6.42 Å². The lowest BCUT2D eigenvalue weighted by Crippen LogP contribution is -1.99. The van der Waals surface area contributed by atoms with E-state index < -0.39 is 0 Å². The average molecular weight is 225 g/mol. The third-order valence-corrected chi connectivity index (χ3v) is 3.87. The molecule has 1 unspecified atom stereocenters. The van der Waals surface area contributed by atoms with Crippen molar-refractivity contribution >= 4 is 11.0 Å². The van der Waals surface area contributed by atoms with Gasteiger partial charge < -0.3 is 4.57 Å². The Morgan fingerprint density at radius 1 is 1.47 bits per heavy atom. The summed E-state index contributed by atoms with van der Waals surface area (Å²) in [7, 11) is 2.04. The minimum absolute atomic E-state index is 0.382. The number of fused-ring (bicyclic) bond motifs is 1. The fourth-order valence-corrected chi connectivity index (χ4v) is 2.50. The van der Waals surface area contributed by atoms with Crippen molar-refractivity contribution in [2.75, 3.05) is 0 Å². The zero-order chi connectivity index (χ0) is 12.2. The molecule has 0 spiro atoms. The van der Waals surface area contributed by atoms with E-state index >= 15 is 0 Å². The van der Waals surface area contributed by atoms with Crippen molar-refractivity contribution in [2.24, 2.45) is 12.5 Å². The van der Waals surface area contributed by atoms with Gasteiger partial charge in [0.1, 0.15) is 5.82 Å². The number of hydrogen-bond donors (Lipinski definition) is 0. The molecular formula is C14H15N3. The van der Waals surface area contributed by atoms with Crippen molar-refractivity contribution in [1.29, 1.82) is 5.26 Å². The Kier molecular flexibility index (Phi) is 1.89. The van der Waals surface area contributed by atoms with Crippen LogP contribution in [0.3, 0.4) is 0 Å². The van der Waals surface area contributed by atoms with Crippen LogP contribution in [0, 0.1) is 16.7 Å². The van der Waals surface area contributed by atoms with Crippen molar-refractivity contribution in [1.82, 2.24) is 9.55 Å². The predicted octanol–water partition coefficient (Wildman–Crippen LogP) is 2.96. The molecular weight excluding hydrogens is 210 g/mol. The molecule has 0 aliphatic heterocycles. The maximum Gasteiger partial charge on any atom is 0.113 e. The maximum absolute atomic E-state index is 8.92. The van der Waals surface area contributed by atoms with Crippen LogP contribution < -0.4 is 0 Å². The Bertz CT molecular complexity index is 643. The van der Waals surface area contributed by atoms with Crippen molar-refractivity contribution in [3.8, 4) is 6.07 Å². The molecule has 0 bridgehead atoms. The predicted molar refractivity (Wildman–Crippen MR) is 66.6 cm³/mol. The second-order valence-electron chi connectivity index (χ2n) is 5.59. The zero-order valence-electron chi connectivity index (χ0n) is 10.4. The normalized spacial score (nSPS) is 21.4. The number of aromatic nitrogens is 2.